The zero-order chi connectivity index (χ0) is 27.1. The third kappa shape index (κ3) is 5.35. The van der Waals surface area contributed by atoms with E-state index in [0.717, 1.165) is 66.4 Å². The zero-order valence-electron chi connectivity index (χ0n) is 23.0. The number of nitrogens with one attached hydrogen (secondary N) is 1. The maximum Gasteiger partial charge on any atom is 0.240 e. The molecule has 0 amide bonds. The molecule has 3 aromatic rings. The van der Waals surface area contributed by atoms with E-state index in [4.69, 9.17) is 4.98 Å². The Kier molecular flexibility index (Phi) is 7.09. The number of piperazine rings is 1. The van der Waals surface area contributed by atoms with Crippen molar-refractivity contribution in [1.29, 1.82) is 0 Å². The Bertz CT molecular complexity index is 1410. The second kappa shape index (κ2) is 10.2. The van der Waals surface area contributed by atoms with Crippen molar-refractivity contribution in [2.75, 3.05) is 54.3 Å². The van der Waals surface area contributed by atoms with Gasteiger partial charge in [0, 0.05) is 56.7 Å². The summed E-state index contributed by atoms with van der Waals surface area (Å²) in [4.78, 5) is 14.1. The quantitative estimate of drug-likeness (QED) is 0.503. The first-order valence-corrected chi connectivity index (χ1v) is 14.7. The Morgan fingerprint density at radius 3 is 2.37 bits per heavy atom. The number of aromatic nitrogens is 2. The van der Waals surface area contributed by atoms with Crippen molar-refractivity contribution in [2.45, 2.75) is 45.3 Å². The molecule has 0 bridgehead atoms. The van der Waals surface area contributed by atoms with Gasteiger partial charge in [-0.3, -0.25) is 4.31 Å². The van der Waals surface area contributed by atoms with E-state index in [1.54, 1.807) is 25.1 Å². The normalized spacial score (nSPS) is 16.6. The van der Waals surface area contributed by atoms with Gasteiger partial charge in [0.1, 0.15) is 0 Å². The van der Waals surface area contributed by atoms with E-state index in [-0.39, 0.29) is 0 Å². The summed E-state index contributed by atoms with van der Waals surface area (Å²) in [7, 11) is -1.29. The number of likely N-dealkylation sites (N-methyl/N-ethyl adjacent to an activating group) is 1. The minimum Gasteiger partial charge on any atom is -0.369 e. The molecule has 38 heavy (non-hydrogen) atoms. The van der Waals surface area contributed by atoms with Crippen molar-refractivity contribution >= 4 is 33.0 Å². The Morgan fingerprint density at radius 2 is 1.68 bits per heavy atom. The monoisotopic (exact) mass is 534 g/mol. The molecule has 2 aromatic carbocycles. The molecule has 2 aliphatic heterocycles. The summed E-state index contributed by atoms with van der Waals surface area (Å²) in [6.45, 7) is 12.0. The van der Waals surface area contributed by atoms with Gasteiger partial charge in [0.15, 0.2) is 0 Å². The van der Waals surface area contributed by atoms with Gasteiger partial charge in [-0.1, -0.05) is 12.1 Å². The molecular formula is C29H38N6O2S. The van der Waals surface area contributed by atoms with Crippen molar-refractivity contribution in [3.05, 3.63) is 71.0 Å². The lowest BCUT2D eigenvalue weighted by Gasteiger charge is -2.34. The highest BCUT2D eigenvalue weighted by molar-refractivity contribution is 7.94. The third-order valence-electron chi connectivity index (χ3n) is 7.51. The van der Waals surface area contributed by atoms with Gasteiger partial charge in [0.2, 0.25) is 16.0 Å². The summed E-state index contributed by atoms with van der Waals surface area (Å²) in [5, 5.41) is 3.34. The van der Waals surface area contributed by atoms with Crippen LogP contribution in [0.25, 0.3) is 0 Å². The molecule has 1 N–H and O–H groups in total. The summed E-state index contributed by atoms with van der Waals surface area (Å²) in [5.74, 6) is 0.552. The molecule has 3 heterocycles. The first kappa shape index (κ1) is 26.4. The smallest absolute Gasteiger partial charge is 0.240 e. The Morgan fingerprint density at radius 1 is 0.974 bits per heavy atom. The first-order chi connectivity index (χ1) is 18.0. The molecule has 202 valence electrons. The fourth-order valence-corrected chi connectivity index (χ4v) is 6.37. The van der Waals surface area contributed by atoms with Crippen molar-refractivity contribution in [3.8, 4) is 0 Å². The van der Waals surface area contributed by atoms with Crippen LogP contribution in [-0.4, -0.2) is 67.8 Å². The molecule has 1 saturated heterocycles. The van der Waals surface area contributed by atoms with Gasteiger partial charge in [0.05, 0.1) is 16.1 Å². The number of rotatable bonds is 6. The minimum atomic E-state index is -3.45. The predicted molar refractivity (Wildman–Crippen MR) is 155 cm³/mol. The third-order valence-corrected chi connectivity index (χ3v) is 10.0. The summed E-state index contributed by atoms with van der Waals surface area (Å²) < 4.78 is 27.1. The molecule has 2 aliphatic rings. The molecule has 8 nitrogen and oxygen atoms in total. The summed E-state index contributed by atoms with van der Waals surface area (Å²) in [5.41, 5.74) is 6.99. The lowest BCUT2D eigenvalue weighted by Crippen LogP contribution is -2.44. The number of fused-ring (bicyclic) bond motifs is 1. The highest BCUT2D eigenvalue weighted by Crippen LogP contribution is 2.35. The Hall–Kier alpha value is -3.17. The van der Waals surface area contributed by atoms with Gasteiger partial charge in [-0.15, -0.1) is 0 Å². The van der Waals surface area contributed by atoms with Crippen LogP contribution in [0, 0.1) is 6.92 Å². The van der Waals surface area contributed by atoms with Crippen LogP contribution in [0.15, 0.2) is 48.7 Å². The van der Waals surface area contributed by atoms with Crippen molar-refractivity contribution in [3.63, 3.8) is 0 Å². The summed E-state index contributed by atoms with van der Waals surface area (Å²) >= 11 is 0. The van der Waals surface area contributed by atoms with Gasteiger partial charge in [-0.25, -0.2) is 18.4 Å². The Labute approximate surface area is 226 Å². The maximum atomic E-state index is 13.2. The molecule has 0 saturated carbocycles. The van der Waals surface area contributed by atoms with Gasteiger partial charge in [-0.2, -0.15) is 0 Å². The van der Waals surface area contributed by atoms with Crippen LogP contribution < -0.4 is 14.5 Å². The molecule has 0 aliphatic carbocycles. The zero-order valence-corrected chi connectivity index (χ0v) is 23.8. The lowest BCUT2D eigenvalue weighted by molar-refractivity contribution is 0.313. The van der Waals surface area contributed by atoms with Crippen LogP contribution in [0.2, 0.25) is 0 Å². The summed E-state index contributed by atoms with van der Waals surface area (Å²) in [6, 6.07) is 14.6. The van der Waals surface area contributed by atoms with Crippen LogP contribution in [0.3, 0.4) is 0 Å². The van der Waals surface area contributed by atoms with E-state index in [9.17, 15) is 8.42 Å². The largest absolute Gasteiger partial charge is 0.369 e. The molecule has 1 aromatic heterocycles. The molecule has 1 fully saturated rings. The number of hydrogen-bond acceptors (Lipinski definition) is 7. The number of anilines is 4. The summed E-state index contributed by atoms with van der Waals surface area (Å²) in [6.07, 6.45) is 3.17. The molecule has 0 spiro atoms. The standard InChI is InChI=1S/C29H38N6O2S/c1-21-20-30-28(31-24-8-10-25(11-9-24)34-16-14-33(5)15-17-34)32-26(21)18-22-6-7-23-12-13-35(27(23)19-22)38(36,37)29(2,3)4/h6-11,19-20H,12-18H2,1-5H3,(H,30,31,32). The average Bonchev–Trinajstić information content (AvgIpc) is 3.30. The van der Waals surface area contributed by atoms with Crippen LogP contribution >= 0.6 is 0 Å². The maximum absolute atomic E-state index is 13.2. The molecule has 0 atom stereocenters. The molecule has 5 rings (SSSR count). The van der Waals surface area contributed by atoms with E-state index in [1.165, 1.54) is 5.69 Å². The predicted octanol–water partition coefficient (Wildman–Crippen LogP) is 4.36. The Balaban J connectivity index is 1.31. The van der Waals surface area contributed by atoms with Crippen molar-refractivity contribution in [2.24, 2.45) is 0 Å². The van der Waals surface area contributed by atoms with Gasteiger partial charge in [-0.05, 0) is 88.2 Å². The molecular weight excluding hydrogens is 496 g/mol. The topological polar surface area (TPSA) is 81.7 Å². The van der Waals surface area contributed by atoms with E-state index in [0.29, 0.717) is 18.9 Å². The highest BCUT2D eigenvalue weighted by atomic mass is 32.2. The van der Waals surface area contributed by atoms with Gasteiger partial charge in [0.25, 0.3) is 0 Å². The van der Waals surface area contributed by atoms with E-state index in [1.807, 2.05) is 19.2 Å². The van der Waals surface area contributed by atoms with Crippen LogP contribution in [0.4, 0.5) is 23.0 Å². The number of aryl methyl sites for hydroxylation is 1. The van der Waals surface area contributed by atoms with Gasteiger partial charge < -0.3 is 15.1 Å². The number of benzene rings is 2. The van der Waals surface area contributed by atoms with E-state index in [2.05, 4.69) is 63.5 Å². The van der Waals surface area contributed by atoms with Crippen LogP contribution in [0.1, 0.15) is 43.2 Å². The second-order valence-corrected chi connectivity index (χ2v) is 14.0. The molecule has 9 heteroatoms. The van der Waals surface area contributed by atoms with Gasteiger partial charge >= 0.3 is 0 Å². The first-order valence-electron chi connectivity index (χ1n) is 13.3. The fraction of sp³-hybridized carbons (Fsp3) is 0.448. The van der Waals surface area contributed by atoms with Crippen molar-refractivity contribution < 1.29 is 8.42 Å². The number of nitrogens with zero attached hydrogens (tertiary/aromatic N) is 5. The fourth-order valence-electron chi connectivity index (χ4n) is 4.94. The number of sulfonamides is 1. The average molecular weight is 535 g/mol. The van der Waals surface area contributed by atoms with E-state index < -0.39 is 14.8 Å². The molecule has 0 unspecified atom stereocenters. The SMILES string of the molecule is Cc1cnc(Nc2ccc(N3CCN(C)CC3)cc2)nc1Cc1ccc2c(c1)N(S(=O)(=O)C(C)(C)C)CC2. The highest BCUT2D eigenvalue weighted by Gasteiger charge is 2.38. The second-order valence-electron chi connectivity index (χ2n) is 11.4. The van der Waals surface area contributed by atoms with Crippen LogP contribution in [0.5, 0.6) is 0 Å². The van der Waals surface area contributed by atoms with Crippen molar-refractivity contribution in [1.82, 2.24) is 14.9 Å². The van der Waals surface area contributed by atoms with E-state index >= 15 is 0 Å². The molecule has 0 radical (unpaired) electrons. The van der Waals surface area contributed by atoms with Crippen LogP contribution in [-0.2, 0) is 22.9 Å². The lowest BCUT2D eigenvalue weighted by atomic mass is 10.0. The number of hydrogen-bond donors (Lipinski definition) is 1. The minimum absolute atomic E-state index is 0.493.